The summed E-state index contributed by atoms with van der Waals surface area (Å²) in [5.74, 6) is -0.630. The number of aryl methyl sites for hydroxylation is 1. The van der Waals surface area contributed by atoms with Gasteiger partial charge in [-0.2, -0.15) is 0 Å². The number of ether oxygens (including phenoxy) is 1. The van der Waals surface area contributed by atoms with Crippen molar-refractivity contribution in [3.8, 4) is 5.75 Å². The highest BCUT2D eigenvalue weighted by Gasteiger charge is 2.07. The first-order valence-corrected chi connectivity index (χ1v) is 6.11. The number of amides is 1. The summed E-state index contributed by atoms with van der Waals surface area (Å²) < 4.78 is 5.49. The molecular formula is C14H18N2O4. The van der Waals surface area contributed by atoms with E-state index in [1.807, 2.05) is 0 Å². The fraction of sp³-hybridized carbons (Fsp3) is 0.357. The van der Waals surface area contributed by atoms with Crippen LogP contribution < -0.4 is 4.74 Å². The Kier molecular flexibility index (Phi) is 5.71. The van der Waals surface area contributed by atoms with Crippen LogP contribution in [0.5, 0.6) is 5.75 Å². The number of rotatable bonds is 6. The number of nitrogens with zero attached hydrogens (tertiary/aromatic N) is 2. The van der Waals surface area contributed by atoms with E-state index in [0.717, 1.165) is 11.8 Å². The zero-order valence-electron chi connectivity index (χ0n) is 11.8. The maximum atomic E-state index is 11.4. The third-order valence-electron chi connectivity index (χ3n) is 2.48. The summed E-state index contributed by atoms with van der Waals surface area (Å²) in [5, 5.41) is 8.64. The fourth-order valence-corrected chi connectivity index (χ4v) is 1.43. The minimum Gasteiger partial charge on any atom is -0.491 e. The van der Waals surface area contributed by atoms with Crippen LogP contribution in [0.3, 0.4) is 0 Å². The Morgan fingerprint density at radius 2 is 2.10 bits per heavy atom. The maximum absolute atomic E-state index is 11.4. The lowest BCUT2D eigenvalue weighted by Gasteiger charge is -2.12. The molecule has 20 heavy (non-hydrogen) atoms. The summed E-state index contributed by atoms with van der Waals surface area (Å²) in [5.41, 5.74) is 1.19. The third kappa shape index (κ3) is 5.09. The molecule has 0 bridgehead atoms. The number of pyridine rings is 1. The largest absolute Gasteiger partial charge is 0.491 e. The fourth-order valence-electron chi connectivity index (χ4n) is 1.43. The van der Waals surface area contributed by atoms with Gasteiger partial charge in [-0.05, 0) is 25.1 Å². The number of carboxylic acids is 1. The first-order chi connectivity index (χ1) is 9.40. The highest BCUT2D eigenvalue weighted by molar-refractivity contribution is 5.85. The minimum atomic E-state index is -1.05. The average molecular weight is 278 g/mol. The van der Waals surface area contributed by atoms with Crippen LogP contribution in [0.2, 0.25) is 0 Å². The number of aromatic nitrogens is 1. The van der Waals surface area contributed by atoms with Crippen molar-refractivity contribution in [1.29, 1.82) is 0 Å². The van der Waals surface area contributed by atoms with E-state index in [9.17, 15) is 9.59 Å². The van der Waals surface area contributed by atoms with Crippen LogP contribution in [0.1, 0.15) is 17.8 Å². The summed E-state index contributed by atoms with van der Waals surface area (Å²) in [6.45, 7) is 2.02. The first-order valence-electron chi connectivity index (χ1n) is 6.11. The zero-order valence-corrected chi connectivity index (χ0v) is 11.8. The molecule has 0 aliphatic rings. The molecular weight excluding hydrogens is 260 g/mol. The summed E-state index contributed by atoms with van der Waals surface area (Å²) in [4.78, 5) is 27.7. The maximum Gasteiger partial charge on any atom is 0.328 e. The highest BCUT2D eigenvalue weighted by atomic mass is 16.5. The van der Waals surface area contributed by atoms with E-state index in [4.69, 9.17) is 9.84 Å². The highest BCUT2D eigenvalue weighted by Crippen LogP contribution is 2.18. The van der Waals surface area contributed by atoms with Gasteiger partial charge in [0.25, 0.3) is 0 Å². The monoisotopic (exact) mass is 278 g/mol. The number of hydrogen-bond acceptors (Lipinski definition) is 4. The molecule has 1 N–H and O–H groups in total. The predicted molar refractivity (Wildman–Crippen MR) is 74.4 cm³/mol. The molecule has 1 aromatic heterocycles. The molecule has 6 heteroatoms. The number of carbonyl (C=O) groups is 2. The summed E-state index contributed by atoms with van der Waals surface area (Å²) in [6, 6.07) is 3.48. The van der Waals surface area contributed by atoms with Gasteiger partial charge in [-0.25, -0.2) is 9.78 Å². The van der Waals surface area contributed by atoms with Gasteiger partial charge in [-0.1, -0.05) is 0 Å². The van der Waals surface area contributed by atoms with E-state index < -0.39 is 5.97 Å². The molecule has 1 amide bonds. The Morgan fingerprint density at radius 1 is 1.40 bits per heavy atom. The lowest BCUT2D eigenvalue weighted by atomic mass is 10.2. The van der Waals surface area contributed by atoms with Crippen LogP contribution >= 0.6 is 0 Å². The van der Waals surface area contributed by atoms with Gasteiger partial charge in [-0.3, -0.25) is 4.79 Å². The van der Waals surface area contributed by atoms with E-state index >= 15 is 0 Å². The van der Waals surface area contributed by atoms with Crippen molar-refractivity contribution in [3.05, 3.63) is 29.6 Å². The van der Waals surface area contributed by atoms with Crippen LogP contribution in [0, 0.1) is 6.92 Å². The molecule has 0 saturated heterocycles. The lowest BCUT2D eigenvalue weighted by molar-refractivity contribution is -0.131. The molecule has 0 spiro atoms. The summed E-state index contributed by atoms with van der Waals surface area (Å²) in [7, 11) is 3.35. The topological polar surface area (TPSA) is 79.7 Å². The van der Waals surface area contributed by atoms with Crippen LogP contribution in [-0.2, 0) is 9.59 Å². The Bertz CT molecular complexity index is 524. The molecule has 1 heterocycles. The number of aliphatic carboxylic acids is 1. The van der Waals surface area contributed by atoms with Crippen molar-refractivity contribution in [3.63, 3.8) is 0 Å². The molecule has 0 fully saturated rings. The molecule has 0 saturated carbocycles. The van der Waals surface area contributed by atoms with Crippen LogP contribution in [0.25, 0.3) is 6.08 Å². The van der Waals surface area contributed by atoms with Crippen molar-refractivity contribution in [2.75, 3.05) is 20.7 Å². The number of carboxylic acid groups (broad SMARTS) is 1. The summed E-state index contributed by atoms with van der Waals surface area (Å²) >= 11 is 0. The van der Waals surface area contributed by atoms with Gasteiger partial charge in [0.15, 0.2) is 0 Å². The van der Waals surface area contributed by atoms with Crippen LogP contribution in [0.15, 0.2) is 18.2 Å². The second kappa shape index (κ2) is 7.28. The smallest absolute Gasteiger partial charge is 0.328 e. The Balaban J connectivity index is 2.74. The van der Waals surface area contributed by atoms with E-state index in [-0.39, 0.29) is 18.9 Å². The first kappa shape index (κ1) is 15.7. The van der Waals surface area contributed by atoms with Crippen LogP contribution in [-0.4, -0.2) is 47.6 Å². The van der Waals surface area contributed by atoms with Gasteiger partial charge in [0.2, 0.25) is 5.91 Å². The molecule has 0 radical (unpaired) electrons. The standard InChI is InChI=1S/C14H18N2O4/c1-10-4-6-12(11(15-10)5-7-14(18)19)20-9-8-13(17)16(2)3/h4-7H,8-9H2,1-3H3,(H,18,19). The molecule has 0 aliphatic carbocycles. The molecule has 6 nitrogen and oxygen atoms in total. The SMILES string of the molecule is Cc1ccc(OCCC(=O)N(C)C)c(C=CC(=O)O)n1. The predicted octanol–water partition coefficient (Wildman–Crippen LogP) is 1.34. The Morgan fingerprint density at radius 3 is 2.70 bits per heavy atom. The normalized spacial score (nSPS) is 10.6. The van der Waals surface area contributed by atoms with Crippen molar-refractivity contribution < 1.29 is 19.4 Å². The van der Waals surface area contributed by atoms with Gasteiger partial charge in [-0.15, -0.1) is 0 Å². The molecule has 1 aromatic rings. The molecule has 0 atom stereocenters. The van der Waals surface area contributed by atoms with Crippen molar-refractivity contribution >= 4 is 18.0 Å². The molecule has 108 valence electrons. The molecule has 0 unspecified atom stereocenters. The molecule has 1 rings (SSSR count). The zero-order chi connectivity index (χ0) is 15.1. The lowest BCUT2D eigenvalue weighted by Crippen LogP contribution is -2.23. The van der Waals surface area contributed by atoms with Gasteiger partial charge in [0.05, 0.1) is 13.0 Å². The molecule has 0 aromatic carbocycles. The van der Waals surface area contributed by atoms with Crippen molar-refractivity contribution in [2.45, 2.75) is 13.3 Å². The number of carbonyl (C=O) groups excluding carboxylic acids is 1. The quantitative estimate of drug-likeness (QED) is 0.794. The van der Waals surface area contributed by atoms with Gasteiger partial charge in [0, 0.05) is 25.9 Å². The second-order valence-electron chi connectivity index (χ2n) is 4.39. The van der Waals surface area contributed by atoms with E-state index in [1.54, 1.807) is 33.2 Å². The minimum absolute atomic E-state index is 0.0345. The summed E-state index contributed by atoms with van der Waals surface area (Å²) in [6.07, 6.45) is 2.63. The van der Waals surface area contributed by atoms with E-state index in [2.05, 4.69) is 4.98 Å². The average Bonchev–Trinajstić information content (AvgIpc) is 2.38. The van der Waals surface area contributed by atoms with E-state index in [0.29, 0.717) is 11.4 Å². The third-order valence-corrected chi connectivity index (χ3v) is 2.48. The van der Waals surface area contributed by atoms with E-state index in [1.165, 1.54) is 11.0 Å². The second-order valence-corrected chi connectivity index (χ2v) is 4.39. The van der Waals surface area contributed by atoms with Gasteiger partial charge < -0.3 is 14.7 Å². The van der Waals surface area contributed by atoms with Gasteiger partial charge >= 0.3 is 5.97 Å². The molecule has 0 aliphatic heterocycles. The van der Waals surface area contributed by atoms with Crippen LogP contribution in [0.4, 0.5) is 0 Å². The van der Waals surface area contributed by atoms with Gasteiger partial charge in [0.1, 0.15) is 11.4 Å². The van der Waals surface area contributed by atoms with Crippen molar-refractivity contribution in [1.82, 2.24) is 9.88 Å². The Hall–Kier alpha value is -2.37. The Labute approximate surface area is 117 Å². The van der Waals surface area contributed by atoms with Crippen molar-refractivity contribution in [2.24, 2.45) is 0 Å². The number of hydrogen-bond donors (Lipinski definition) is 1.